The van der Waals surface area contributed by atoms with E-state index in [0.717, 1.165) is 33.3 Å². The first-order valence-electron chi connectivity index (χ1n) is 15.1. The zero-order valence-electron chi connectivity index (χ0n) is 26.3. The second-order valence-corrected chi connectivity index (χ2v) is 14.3. The summed E-state index contributed by atoms with van der Waals surface area (Å²) in [6.07, 6.45) is -0.147. The van der Waals surface area contributed by atoms with Gasteiger partial charge in [-0.25, -0.2) is 24.4 Å². The number of carbonyl (C=O) groups is 7. The molecule has 1 aromatic heterocycles. The number of hydrogen-bond donors (Lipinski definition) is 7. The van der Waals surface area contributed by atoms with Crippen LogP contribution in [0.25, 0.3) is 0 Å². The number of nitrogen functional groups attached to an aromatic ring is 1. The van der Waals surface area contributed by atoms with E-state index >= 15 is 0 Å². The third kappa shape index (κ3) is 6.13. The number of benzene rings is 1. The monoisotopic (exact) mass is 782 g/mol. The number of aromatic hydroxyl groups is 2. The fraction of sp³-hybridized carbons (Fsp3) is 0.393. The number of phenolic OH excluding ortho intramolecular Hbond substituents is 2. The molecule has 276 valence electrons. The number of carboxylic acid groups (broad SMARTS) is 2. The van der Waals surface area contributed by atoms with Gasteiger partial charge in [-0.1, -0.05) is 28.5 Å². The van der Waals surface area contributed by atoms with E-state index in [0.29, 0.717) is 16.8 Å². The minimum absolute atomic E-state index is 0.0475. The number of β-lactam (4-membered cyclic amide) rings is 1. The number of urea groups is 1. The predicted octanol–water partition coefficient (Wildman–Crippen LogP) is -1.02. The van der Waals surface area contributed by atoms with E-state index in [4.69, 9.17) is 26.9 Å². The first kappa shape index (κ1) is 36.4. The van der Waals surface area contributed by atoms with Crippen molar-refractivity contribution in [2.24, 2.45) is 5.16 Å². The summed E-state index contributed by atoms with van der Waals surface area (Å²) in [4.78, 5) is 99.9. The van der Waals surface area contributed by atoms with Crippen molar-refractivity contribution in [1.29, 1.82) is 0 Å². The molecule has 1 aromatic carbocycles. The molecule has 5 amide bonds. The fourth-order valence-corrected chi connectivity index (χ4v) is 8.23. The van der Waals surface area contributed by atoms with Crippen LogP contribution in [-0.4, -0.2) is 142 Å². The first-order chi connectivity index (χ1) is 24.6. The number of thiazole rings is 1. The molecule has 4 fully saturated rings. The van der Waals surface area contributed by atoms with Crippen LogP contribution in [0.4, 0.5) is 9.93 Å². The number of hydrazine groups is 1. The van der Waals surface area contributed by atoms with Gasteiger partial charge in [0.05, 0.1) is 36.9 Å². The number of anilines is 1. The van der Waals surface area contributed by atoms with E-state index in [1.165, 1.54) is 5.38 Å². The highest BCUT2D eigenvalue weighted by atomic mass is 35.5. The zero-order valence-corrected chi connectivity index (χ0v) is 28.7. The number of nitrogens with one attached hydrogen (secondary N) is 2. The number of aliphatic carboxylic acids is 2. The summed E-state index contributed by atoms with van der Waals surface area (Å²) in [5, 5.41) is 46.4. The number of carbonyl (C=O) groups excluding carboxylic acids is 5. The Balaban J connectivity index is 1.16. The van der Waals surface area contributed by atoms with Gasteiger partial charge in [0.25, 0.3) is 11.7 Å². The van der Waals surface area contributed by atoms with Crippen molar-refractivity contribution in [1.82, 2.24) is 30.5 Å². The summed E-state index contributed by atoms with van der Waals surface area (Å²) < 4.78 is 5.22. The van der Waals surface area contributed by atoms with E-state index < -0.39 is 97.7 Å². The van der Waals surface area contributed by atoms with Crippen molar-refractivity contribution >= 4 is 87.0 Å². The van der Waals surface area contributed by atoms with Gasteiger partial charge in [-0.15, -0.1) is 11.3 Å². The number of hydrogen-bond acceptors (Lipinski definition) is 16. The average Bonchev–Trinajstić information content (AvgIpc) is 3.82. The number of amides is 5. The normalized spacial score (nSPS) is 23.9. The first-order valence-corrected chi connectivity index (χ1v) is 17.2. The van der Waals surface area contributed by atoms with Crippen molar-refractivity contribution in [2.75, 3.05) is 38.6 Å². The van der Waals surface area contributed by atoms with Crippen molar-refractivity contribution in [3.8, 4) is 11.5 Å². The van der Waals surface area contributed by atoms with Gasteiger partial charge >= 0.3 is 23.9 Å². The van der Waals surface area contributed by atoms with E-state index in [1.807, 2.05) is 0 Å². The van der Waals surface area contributed by atoms with Crippen LogP contribution in [0.3, 0.4) is 0 Å². The lowest BCUT2D eigenvalue weighted by Crippen LogP contribution is -2.68. The third-order valence-corrected chi connectivity index (χ3v) is 11.4. The van der Waals surface area contributed by atoms with Gasteiger partial charge in [0.15, 0.2) is 22.3 Å². The number of carboxylic acids is 2. The molecule has 8 N–H and O–H groups in total. The highest BCUT2D eigenvalue weighted by Crippen LogP contribution is 2.49. The number of ketones is 1. The molecule has 0 bridgehead atoms. The van der Waals surface area contributed by atoms with Crippen LogP contribution in [0, 0.1) is 0 Å². The summed E-state index contributed by atoms with van der Waals surface area (Å²) in [7, 11) is 0. The average molecular weight is 783 g/mol. The van der Waals surface area contributed by atoms with Crippen LogP contribution in [-0.2, 0) is 33.5 Å². The number of Topliss-reactive ketones (excluding diaryl/α,β-unsaturated/α-hetero) is 1. The maximum atomic E-state index is 13.6. The number of halogens is 1. The number of rotatable bonds is 11. The summed E-state index contributed by atoms with van der Waals surface area (Å²) >= 11 is 7.50. The molecule has 0 radical (unpaired) electrons. The van der Waals surface area contributed by atoms with E-state index in [-0.39, 0.29) is 50.0 Å². The molecule has 4 aliphatic rings. The minimum atomic E-state index is -2.09. The molecule has 52 heavy (non-hydrogen) atoms. The second-order valence-electron chi connectivity index (χ2n) is 11.7. The Bertz CT molecular complexity index is 1940. The molecular weight excluding hydrogens is 756 g/mol. The van der Waals surface area contributed by atoms with Crippen LogP contribution >= 0.6 is 34.7 Å². The number of nitrogens with zero attached hydrogens (tertiary/aromatic N) is 5. The zero-order chi connectivity index (χ0) is 37.7. The smallest absolute Gasteiger partial charge is 0.351 e. The summed E-state index contributed by atoms with van der Waals surface area (Å²) in [6, 6.07) is -0.444. The largest absolute Gasteiger partial charge is 0.504 e. The number of thioether (sulfide) groups is 1. The molecule has 0 spiro atoms. The Hall–Kier alpha value is -5.39. The lowest BCUT2D eigenvalue weighted by molar-refractivity contribution is -0.178. The topological polar surface area (TPSA) is 304 Å². The molecule has 0 saturated carbocycles. The van der Waals surface area contributed by atoms with Crippen molar-refractivity contribution < 1.29 is 63.6 Å². The Morgan fingerprint density at radius 3 is 2.42 bits per heavy atom. The van der Waals surface area contributed by atoms with Gasteiger partial charge in [0.2, 0.25) is 16.4 Å². The third-order valence-electron chi connectivity index (χ3n) is 8.67. The molecule has 4 aliphatic heterocycles. The number of phenols is 2. The Morgan fingerprint density at radius 1 is 1.08 bits per heavy atom. The van der Waals surface area contributed by atoms with Gasteiger partial charge in [-0.2, -0.15) is 0 Å². The molecule has 0 aliphatic carbocycles. The summed E-state index contributed by atoms with van der Waals surface area (Å²) in [5.41, 5.74) is 4.95. The minimum Gasteiger partial charge on any atom is -0.504 e. The lowest BCUT2D eigenvalue weighted by Gasteiger charge is -2.41. The molecule has 6 rings (SSSR count). The molecule has 24 heteroatoms. The predicted molar refractivity (Wildman–Crippen MR) is 176 cm³/mol. The number of ether oxygens (including phenoxy) is 1. The van der Waals surface area contributed by atoms with Crippen LogP contribution in [0.1, 0.15) is 28.9 Å². The Kier molecular flexibility index (Phi) is 9.54. The number of oxime groups is 1. The number of nitrogens with two attached hydrogens (primary N) is 1. The molecular formula is C28H27ClN8O13S2. The van der Waals surface area contributed by atoms with Gasteiger partial charge in [0, 0.05) is 24.8 Å². The van der Waals surface area contributed by atoms with E-state index in [2.05, 4.69) is 20.9 Å². The van der Waals surface area contributed by atoms with Gasteiger partial charge in [-0.3, -0.25) is 29.5 Å². The van der Waals surface area contributed by atoms with Crippen molar-refractivity contribution in [2.45, 2.75) is 34.7 Å². The molecule has 4 saturated heterocycles. The van der Waals surface area contributed by atoms with Gasteiger partial charge < -0.3 is 46.0 Å². The van der Waals surface area contributed by atoms with Crippen LogP contribution in [0.2, 0.25) is 5.02 Å². The highest BCUT2D eigenvalue weighted by Gasteiger charge is 2.66. The second kappa shape index (κ2) is 13.6. The molecule has 3 atom stereocenters. The van der Waals surface area contributed by atoms with Crippen LogP contribution in [0.5, 0.6) is 11.5 Å². The van der Waals surface area contributed by atoms with E-state index in [9.17, 15) is 54.0 Å². The Labute approximate surface area is 304 Å². The molecule has 2 aromatic rings. The molecule has 0 unspecified atom stereocenters. The van der Waals surface area contributed by atoms with E-state index in [1.54, 1.807) is 0 Å². The Morgan fingerprint density at radius 2 is 1.79 bits per heavy atom. The lowest BCUT2D eigenvalue weighted by atomic mass is 9.95. The highest BCUT2D eigenvalue weighted by molar-refractivity contribution is 8.02. The fourth-order valence-electron chi connectivity index (χ4n) is 5.80. The summed E-state index contributed by atoms with van der Waals surface area (Å²) in [5.74, 6) is -8.68. The van der Waals surface area contributed by atoms with Crippen molar-refractivity contribution in [3.63, 3.8) is 0 Å². The molecule has 21 nitrogen and oxygen atoms in total. The quantitative estimate of drug-likeness (QED) is 0.0358. The SMILES string of the molecule is Nc1nc(/C(=N/OC2(C(=O)O)CCOCC2)C(=O)N[C@@H]2C(=O)N3C[C@@](C(=O)O)(N4CCN(NC(=O)C(=O)c5ccc(O)c(O)c5Cl)C4=O)S[C@H]23)cs1. The van der Waals surface area contributed by atoms with Gasteiger partial charge in [0.1, 0.15) is 17.1 Å². The maximum absolute atomic E-state index is 13.6. The standard InChI is InChI=1S/C28H27ClN8O13S2/c29-14-11(1-2-13(38)18(14)40)17(39)20(42)33-37-6-5-36(26(37)48)28(24(46)47)10-35-21(43)16(22(35)52-28)32-19(41)15(12-9-51-25(30)31-12)34-50-27(23(44)45)3-7-49-8-4-27/h1-2,9,16,22,38,40H,3-8,10H2,(H2,30,31)(H,32,41)(H,33,42)(H,44,45)(H,46,47)/b34-15-/t16-,22-,28-/m1/s1. The van der Waals surface area contributed by atoms with Crippen LogP contribution < -0.4 is 16.5 Å². The van der Waals surface area contributed by atoms with Gasteiger partial charge in [-0.05, 0) is 12.1 Å². The molecule has 5 heterocycles. The van der Waals surface area contributed by atoms with Crippen LogP contribution in [0.15, 0.2) is 22.7 Å². The maximum Gasteiger partial charge on any atom is 0.351 e. The van der Waals surface area contributed by atoms with Crippen molar-refractivity contribution in [3.05, 3.63) is 33.8 Å². The number of aromatic nitrogens is 1. The summed E-state index contributed by atoms with van der Waals surface area (Å²) in [6.45, 7) is -0.930. The number of fused-ring (bicyclic) bond motifs is 1.